The molecule has 0 bridgehead atoms. The molecule has 0 aliphatic heterocycles. The van der Waals surface area contributed by atoms with Crippen molar-refractivity contribution in [1.29, 1.82) is 0 Å². The van der Waals surface area contributed by atoms with Crippen LogP contribution in [0.15, 0.2) is 0 Å². The second-order valence-electron chi connectivity index (χ2n) is 6.97. The van der Waals surface area contributed by atoms with E-state index >= 15 is 0 Å². The fourth-order valence-corrected chi connectivity index (χ4v) is 20.0. The van der Waals surface area contributed by atoms with Gasteiger partial charge in [-0.15, -0.1) is 6.61 Å². The molecule has 0 heterocycles. The molecule has 0 aromatic carbocycles. The Balaban J connectivity index is 0. The zero-order valence-electron chi connectivity index (χ0n) is 16.5. The Hall–Kier alpha value is 0.759. The summed E-state index contributed by atoms with van der Waals surface area (Å²) in [7, 11) is 0. The summed E-state index contributed by atoms with van der Waals surface area (Å²) < 4.78 is 6.80. The summed E-state index contributed by atoms with van der Waals surface area (Å²) in [5.74, 6) is 0. The Labute approximate surface area is 146 Å². The van der Waals surface area contributed by atoms with Gasteiger partial charge in [0.25, 0.3) is 0 Å². The van der Waals surface area contributed by atoms with E-state index in [-0.39, 0.29) is 6.61 Å². The molecule has 2 heteroatoms. The van der Waals surface area contributed by atoms with Crippen LogP contribution in [-0.4, -0.2) is 25.0 Å². The molecular formula is C20H45OSn-. The topological polar surface area (TPSA) is 23.1 Å². The van der Waals surface area contributed by atoms with Gasteiger partial charge in [0.05, 0.1) is 0 Å². The normalized spacial score (nSPS) is 11.2. The first-order valence-electron chi connectivity index (χ1n) is 10.2. The van der Waals surface area contributed by atoms with Crippen LogP contribution in [0.4, 0.5) is 0 Å². The van der Waals surface area contributed by atoms with Crippen molar-refractivity contribution in [3.8, 4) is 0 Å². The quantitative estimate of drug-likeness (QED) is 0.284. The Bertz CT molecular complexity index is 155. The molecule has 0 saturated carbocycles. The van der Waals surface area contributed by atoms with Gasteiger partial charge in [0.1, 0.15) is 0 Å². The van der Waals surface area contributed by atoms with Crippen molar-refractivity contribution in [2.24, 2.45) is 0 Å². The van der Waals surface area contributed by atoms with Crippen molar-refractivity contribution in [3.05, 3.63) is 0 Å². The molecule has 0 rings (SSSR count). The van der Waals surface area contributed by atoms with E-state index in [2.05, 4.69) is 27.7 Å². The SMILES string of the molecule is CCCC[O-].CCC[CH2][Sn]([CH2]CCC)([CH2]CCC)[CH2]CCC. The zero-order chi connectivity index (χ0) is 17.1. The maximum atomic E-state index is 9.53. The van der Waals surface area contributed by atoms with E-state index in [0.717, 1.165) is 12.8 Å². The monoisotopic (exact) mass is 421 g/mol. The van der Waals surface area contributed by atoms with E-state index in [4.69, 9.17) is 0 Å². The van der Waals surface area contributed by atoms with Gasteiger partial charge in [0.2, 0.25) is 0 Å². The average molecular weight is 420 g/mol. The first kappa shape index (κ1) is 25.0. The summed E-state index contributed by atoms with van der Waals surface area (Å²) in [6.45, 7) is 11.6. The standard InChI is InChI=1S/C4H9O.4C4H9.Sn/c1-2-3-4-5;4*1-3-4-2;/h2-4H2,1H3;4*1,3-4H2,2H3;/q-1;;;;;. The maximum absolute atomic E-state index is 9.53. The number of rotatable bonds is 14. The fraction of sp³-hybridized carbons (Fsp3) is 1.00. The van der Waals surface area contributed by atoms with Crippen molar-refractivity contribution < 1.29 is 5.11 Å². The zero-order valence-corrected chi connectivity index (χ0v) is 19.4. The van der Waals surface area contributed by atoms with E-state index in [0.29, 0.717) is 0 Å². The van der Waals surface area contributed by atoms with Crippen LogP contribution < -0.4 is 5.11 Å². The molecule has 0 aromatic rings. The molecule has 0 atom stereocenters. The summed E-state index contributed by atoms with van der Waals surface area (Å²) in [6, 6.07) is 0. The molecule has 136 valence electrons. The minimum atomic E-state index is -1.69. The third kappa shape index (κ3) is 15.6. The predicted molar refractivity (Wildman–Crippen MR) is 104 cm³/mol. The van der Waals surface area contributed by atoms with E-state index in [1.165, 1.54) is 51.4 Å². The van der Waals surface area contributed by atoms with Gasteiger partial charge in [0, 0.05) is 0 Å². The van der Waals surface area contributed by atoms with Crippen molar-refractivity contribution in [3.63, 3.8) is 0 Å². The summed E-state index contributed by atoms with van der Waals surface area (Å²) in [5, 5.41) is 9.53. The summed E-state index contributed by atoms with van der Waals surface area (Å²) >= 11 is -1.69. The van der Waals surface area contributed by atoms with Gasteiger partial charge in [-0.05, 0) is 0 Å². The number of unbranched alkanes of at least 4 members (excludes halogenated alkanes) is 5. The predicted octanol–water partition coefficient (Wildman–Crippen LogP) is 6.78. The molecule has 0 amide bonds. The van der Waals surface area contributed by atoms with Crippen LogP contribution in [0.5, 0.6) is 0 Å². The van der Waals surface area contributed by atoms with Crippen molar-refractivity contribution in [1.82, 2.24) is 0 Å². The third-order valence-electron chi connectivity index (χ3n) is 4.74. The van der Waals surface area contributed by atoms with Gasteiger partial charge < -0.3 is 5.11 Å². The van der Waals surface area contributed by atoms with Crippen LogP contribution in [0.3, 0.4) is 0 Å². The van der Waals surface area contributed by atoms with Crippen LogP contribution in [0, 0.1) is 0 Å². The molecule has 0 N–H and O–H groups in total. The Kier molecular flexibility index (Phi) is 22.5. The minimum absolute atomic E-state index is 0.0938. The van der Waals surface area contributed by atoms with Gasteiger partial charge in [-0.1, -0.05) is 19.8 Å². The van der Waals surface area contributed by atoms with Gasteiger partial charge in [-0.25, -0.2) is 0 Å². The molecule has 1 nitrogen and oxygen atoms in total. The van der Waals surface area contributed by atoms with E-state index in [9.17, 15) is 5.11 Å². The average Bonchev–Trinajstić information content (AvgIpc) is 2.55. The summed E-state index contributed by atoms with van der Waals surface area (Å²) in [6.07, 6.45) is 13.7. The summed E-state index contributed by atoms with van der Waals surface area (Å²) in [4.78, 5) is 0. The second kappa shape index (κ2) is 19.8. The van der Waals surface area contributed by atoms with Crippen LogP contribution >= 0.6 is 0 Å². The molecule has 22 heavy (non-hydrogen) atoms. The van der Waals surface area contributed by atoms with Crippen molar-refractivity contribution in [2.75, 3.05) is 6.61 Å². The molecule has 0 aliphatic carbocycles. The van der Waals surface area contributed by atoms with Crippen LogP contribution in [0.25, 0.3) is 0 Å². The Morgan fingerprint density at radius 3 is 0.909 bits per heavy atom. The fourth-order valence-electron chi connectivity index (χ4n) is 3.10. The van der Waals surface area contributed by atoms with E-state index in [1.807, 2.05) is 6.92 Å². The molecule has 0 fully saturated rings. The molecule has 0 aromatic heterocycles. The first-order valence-corrected chi connectivity index (χ1v) is 18.3. The van der Waals surface area contributed by atoms with Gasteiger partial charge >= 0.3 is 115 Å². The Morgan fingerprint density at radius 2 is 0.773 bits per heavy atom. The molecule has 0 saturated heterocycles. The molecule has 0 spiro atoms. The van der Waals surface area contributed by atoms with Gasteiger partial charge in [-0.2, -0.15) is 0 Å². The van der Waals surface area contributed by atoms with Crippen LogP contribution in [-0.2, 0) is 0 Å². The molecule has 0 unspecified atom stereocenters. The molecular weight excluding hydrogens is 375 g/mol. The number of hydrogen-bond donors (Lipinski definition) is 0. The van der Waals surface area contributed by atoms with Gasteiger partial charge in [0.15, 0.2) is 0 Å². The number of hydrogen-bond acceptors (Lipinski definition) is 1. The van der Waals surface area contributed by atoms with Crippen LogP contribution in [0.1, 0.15) is 98.8 Å². The third-order valence-corrected chi connectivity index (χ3v) is 20.9. The van der Waals surface area contributed by atoms with Gasteiger partial charge in [-0.3, -0.25) is 0 Å². The summed E-state index contributed by atoms with van der Waals surface area (Å²) in [5.41, 5.74) is 0. The van der Waals surface area contributed by atoms with Crippen molar-refractivity contribution in [2.45, 2.75) is 117 Å². The second-order valence-corrected chi connectivity index (χ2v) is 21.2. The first-order chi connectivity index (χ1) is 10.7. The molecule has 0 radical (unpaired) electrons. The van der Waals surface area contributed by atoms with Crippen LogP contribution in [0.2, 0.25) is 17.7 Å². The Morgan fingerprint density at radius 1 is 0.500 bits per heavy atom. The molecule has 0 aliphatic rings. The van der Waals surface area contributed by atoms with Crippen molar-refractivity contribution >= 4 is 18.4 Å². The van der Waals surface area contributed by atoms with E-state index in [1.54, 1.807) is 17.7 Å². The van der Waals surface area contributed by atoms with E-state index < -0.39 is 18.4 Å².